The second-order valence-electron chi connectivity index (χ2n) is 6.56. The second-order valence-corrected chi connectivity index (χ2v) is 7.51. The third-order valence-electron chi connectivity index (χ3n) is 4.79. The monoisotopic (exact) mass is 412 g/mol. The number of para-hydroxylation sites is 1. The highest BCUT2D eigenvalue weighted by Gasteiger charge is 2.34. The van der Waals surface area contributed by atoms with Crippen molar-refractivity contribution in [3.8, 4) is 17.1 Å². The van der Waals surface area contributed by atoms with E-state index in [2.05, 4.69) is 15.5 Å². The van der Waals surface area contributed by atoms with E-state index in [9.17, 15) is 9.59 Å². The summed E-state index contributed by atoms with van der Waals surface area (Å²) < 4.78 is 10.8. The molecular weight excluding hydrogens is 392 g/mol. The van der Waals surface area contributed by atoms with E-state index in [0.29, 0.717) is 28.9 Å². The molecule has 0 aliphatic carbocycles. The van der Waals surface area contributed by atoms with Gasteiger partial charge in [0.25, 0.3) is 5.91 Å². The Morgan fingerprint density at radius 3 is 2.97 bits per heavy atom. The number of amides is 2. The molecule has 1 N–H and O–H groups in total. The van der Waals surface area contributed by atoms with Gasteiger partial charge in [-0.05, 0) is 36.4 Å². The predicted molar refractivity (Wildman–Crippen MR) is 107 cm³/mol. The fourth-order valence-corrected chi connectivity index (χ4v) is 4.02. The van der Waals surface area contributed by atoms with Gasteiger partial charge in [-0.1, -0.05) is 23.4 Å². The lowest BCUT2D eigenvalue weighted by atomic mass is 10.2. The Bertz CT molecular complexity index is 1000. The van der Waals surface area contributed by atoms with Gasteiger partial charge >= 0.3 is 0 Å². The van der Waals surface area contributed by atoms with E-state index in [1.165, 1.54) is 11.3 Å². The zero-order valence-corrected chi connectivity index (χ0v) is 16.6. The fourth-order valence-electron chi connectivity index (χ4n) is 3.38. The highest BCUT2D eigenvalue weighted by atomic mass is 32.1. The summed E-state index contributed by atoms with van der Waals surface area (Å²) in [5.41, 5.74) is 0.726. The summed E-state index contributed by atoms with van der Waals surface area (Å²) >= 11 is 1.34. The van der Waals surface area contributed by atoms with Crippen LogP contribution in [0.1, 0.15) is 34.4 Å². The molecule has 1 saturated heterocycles. The molecule has 1 aliphatic heterocycles. The number of hydrogen-bond donors (Lipinski definition) is 1. The summed E-state index contributed by atoms with van der Waals surface area (Å²) in [4.78, 5) is 31.5. The van der Waals surface area contributed by atoms with Crippen molar-refractivity contribution in [3.05, 3.63) is 52.5 Å². The first-order chi connectivity index (χ1) is 14.2. The maximum atomic E-state index is 12.7. The van der Waals surface area contributed by atoms with Gasteiger partial charge in [0.05, 0.1) is 24.1 Å². The molecule has 1 aliphatic rings. The molecule has 29 heavy (non-hydrogen) atoms. The normalized spacial score (nSPS) is 16.0. The molecule has 0 saturated carbocycles. The van der Waals surface area contributed by atoms with E-state index in [4.69, 9.17) is 9.26 Å². The van der Waals surface area contributed by atoms with Gasteiger partial charge in [0.2, 0.25) is 17.6 Å². The highest BCUT2D eigenvalue weighted by molar-refractivity contribution is 7.12. The van der Waals surface area contributed by atoms with Crippen molar-refractivity contribution in [1.82, 2.24) is 20.4 Å². The van der Waals surface area contributed by atoms with Crippen LogP contribution < -0.4 is 10.1 Å². The molecule has 150 valence electrons. The van der Waals surface area contributed by atoms with Gasteiger partial charge in [0, 0.05) is 6.54 Å². The Balaban J connectivity index is 1.45. The number of nitrogens with zero attached hydrogens (tertiary/aromatic N) is 3. The van der Waals surface area contributed by atoms with Crippen molar-refractivity contribution in [2.75, 3.05) is 20.2 Å². The number of benzene rings is 1. The van der Waals surface area contributed by atoms with E-state index in [1.807, 2.05) is 29.6 Å². The van der Waals surface area contributed by atoms with Crippen molar-refractivity contribution < 1.29 is 18.8 Å². The number of ether oxygens (including phenoxy) is 1. The number of likely N-dealkylation sites (tertiary alicyclic amines) is 1. The molecule has 3 aromatic rings. The van der Waals surface area contributed by atoms with Crippen molar-refractivity contribution in [1.29, 1.82) is 0 Å². The summed E-state index contributed by atoms with van der Waals surface area (Å²) in [6, 6.07) is 10.6. The number of methoxy groups -OCH3 is 1. The number of thiophene rings is 1. The third kappa shape index (κ3) is 4.00. The van der Waals surface area contributed by atoms with Gasteiger partial charge in [-0.25, -0.2) is 0 Å². The SMILES string of the molecule is COc1ccccc1-c1noc(C2CCCN2C(=O)CNC(=O)c2cccs2)n1. The van der Waals surface area contributed by atoms with E-state index in [0.717, 1.165) is 18.4 Å². The zero-order valence-electron chi connectivity index (χ0n) is 15.8. The second kappa shape index (κ2) is 8.44. The zero-order chi connectivity index (χ0) is 20.2. The molecule has 9 heteroatoms. The molecule has 4 rings (SSSR count). The van der Waals surface area contributed by atoms with E-state index in [-0.39, 0.29) is 24.4 Å². The van der Waals surface area contributed by atoms with Gasteiger partial charge < -0.3 is 19.5 Å². The van der Waals surface area contributed by atoms with Gasteiger partial charge in [0.1, 0.15) is 11.8 Å². The molecule has 8 nitrogen and oxygen atoms in total. The number of carbonyl (C=O) groups is 2. The molecule has 1 fully saturated rings. The summed E-state index contributed by atoms with van der Waals surface area (Å²) in [5.74, 6) is 1.04. The molecule has 1 unspecified atom stereocenters. The topological polar surface area (TPSA) is 97.6 Å². The van der Waals surface area contributed by atoms with Crippen LogP contribution in [0, 0.1) is 0 Å². The number of aromatic nitrogens is 2. The van der Waals surface area contributed by atoms with Crippen LogP contribution in [0.5, 0.6) is 5.75 Å². The molecule has 3 heterocycles. The number of rotatable bonds is 6. The highest BCUT2D eigenvalue weighted by Crippen LogP contribution is 2.33. The van der Waals surface area contributed by atoms with Gasteiger partial charge in [0.15, 0.2) is 0 Å². The average Bonchev–Trinajstić information content (AvgIpc) is 3.51. The third-order valence-corrected chi connectivity index (χ3v) is 5.66. The molecule has 0 bridgehead atoms. The van der Waals surface area contributed by atoms with Crippen LogP contribution in [0.15, 0.2) is 46.3 Å². The number of hydrogen-bond acceptors (Lipinski definition) is 7. The minimum absolute atomic E-state index is 0.0687. The summed E-state index contributed by atoms with van der Waals surface area (Å²) in [7, 11) is 1.59. The van der Waals surface area contributed by atoms with E-state index in [1.54, 1.807) is 24.1 Å². The Morgan fingerprint density at radius 2 is 2.17 bits per heavy atom. The quantitative estimate of drug-likeness (QED) is 0.669. The molecule has 2 amide bonds. The van der Waals surface area contributed by atoms with Gasteiger partial charge in [-0.2, -0.15) is 4.98 Å². The lowest BCUT2D eigenvalue weighted by molar-refractivity contribution is -0.131. The first kappa shape index (κ1) is 19.1. The first-order valence-corrected chi connectivity index (χ1v) is 10.1. The van der Waals surface area contributed by atoms with E-state index >= 15 is 0 Å². The molecular formula is C20H20N4O4S. The molecule has 1 atom stereocenters. The first-order valence-electron chi connectivity index (χ1n) is 9.25. The lowest BCUT2D eigenvalue weighted by Crippen LogP contribution is -2.39. The maximum absolute atomic E-state index is 12.7. The van der Waals surface area contributed by atoms with Crippen LogP contribution in [0.3, 0.4) is 0 Å². The number of nitrogens with one attached hydrogen (secondary N) is 1. The van der Waals surface area contributed by atoms with Gasteiger partial charge in [-0.3, -0.25) is 9.59 Å². The average molecular weight is 412 g/mol. The number of carbonyl (C=O) groups excluding carboxylic acids is 2. The Hall–Kier alpha value is -3.20. The van der Waals surface area contributed by atoms with Crippen molar-refractivity contribution in [2.45, 2.75) is 18.9 Å². The van der Waals surface area contributed by atoms with Gasteiger partial charge in [-0.15, -0.1) is 11.3 Å². The van der Waals surface area contributed by atoms with Crippen LogP contribution in [0.4, 0.5) is 0 Å². The molecule has 0 spiro atoms. The lowest BCUT2D eigenvalue weighted by Gasteiger charge is -2.21. The Kier molecular flexibility index (Phi) is 5.57. The molecule has 1 aromatic carbocycles. The van der Waals surface area contributed by atoms with Crippen LogP contribution in [-0.2, 0) is 4.79 Å². The predicted octanol–water partition coefficient (Wildman–Crippen LogP) is 2.90. The summed E-state index contributed by atoms with van der Waals surface area (Å²) in [6.45, 7) is 0.519. The molecule has 0 radical (unpaired) electrons. The van der Waals surface area contributed by atoms with Crippen LogP contribution in [0.25, 0.3) is 11.4 Å². The largest absolute Gasteiger partial charge is 0.496 e. The standard InChI is InChI=1S/C20H20N4O4S/c1-27-15-8-3-2-6-13(15)18-22-20(28-23-18)14-7-4-10-24(14)17(25)12-21-19(26)16-9-5-11-29-16/h2-3,5-6,8-9,11,14H,4,7,10,12H2,1H3,(H,21,26). The smallest absolute Gasteiger partial charge is 0.261 e. The Morgan fingerprint density at radius 1 is 1.31 bits per heavy atom. The van der Waals surface area contributed by atoms with Crippen molar-refractivity contribution in [2.24, 2.45) is 0 Å². The minimum Gasteiger partial charge on any atom is -0.496 e. The van der Waals surface area contributed by atoms with Crippen LogP contribution in [0.2, 0.25) is 0 Å². The van der Waals surface area contributed by atoms with E-state index < -0.39 is 0 Å². The summed E-state index contributed by atoms with van der Waals surface area (Å²) in [6.07, 6.45) is 1.57. The Labute approximate surface area is 171 Å². The van der Waals surface area contributed by atoms with Crippen LogP contribution >= 0.6 is 11.3 Å². The van der Waals surface area contributed by atoms with Crippen molar-refractivity contribution in [3.63, 3.8) is 0 Å². The molecule has 2 aromatic heterocycles. The summed E-state index contributed by atoms with van der Waals surface area (Å²) in [5, 5.41) is 8.57. The van der Waals surface area contributed by atoms with Crippen LogP contribution in [-0.4, -0.2) is 47.1 Å². The van der Waals surface area contributed by atoms with Crippen molar-refractivity contribution >= 4 is 23.2 Å². The minimum atomic E-state index is -0.294. The maximum Gasteiger partial charge on any atom is 0.261 e. The fraction of sp³-hybridized carbons (Fsp3) is 0.300.